The van der Waals surface area contributed by atoms with Crippen LogP contribution >= 0.6 is 11.8 Å². The minimum Gasteiger partial charge on any atom is -0.497 e. The Morgan fingerprint density at radius 1 is 1.20 bits per heavy atom. The maximum absolute atomic E-state index is 14.7. The molecular formula is C21H21FN6OS. The van der Waals surface area contributed by atoms with Crippen LogP contribution in [0.5, 0.6) is 5.75 Å². The number of thioether (sulfide) groups is 1. The van der Waals surface area contributed by atoms with Gasteiger partial charge in [-0.3, -0.25) is 0 Å². The van der Waals surface area contributed by atoms with Gasteiger partial charge in [-0.05, 0) is 24.3 Å². The lowest BCUT2D eigenvalue weighted by molar-refractivity contribution is 0.411. The number of halogens is 1. The number of nitrogens with zero attached hydrogens (tertiary/aromatic N) is 4. The van der Waals surface area contributed by atoms with Gasteiger partial charge in [-0.15, -0.1) is 16.9 Å². The highest BCUT2D eigenvalue weighted by atomic mass is 32.2. The minimum absolute atomic E-state index is 0.365. The van der Waals surface area contributed by atoms with E-state index >= 15 is 0 Å². The average Bonchev–Trinajstić information content (AvgIpc) is 3.44. The molecule has 9 heteroatoms. The fourth-order valence-corrected chi connectivity index (χ4v) is 3.69. The molecule has 0 atom stereocenters. The van der Waals surface area contributed by atoms with Crippen molar-refractivity contribution in [1.82, 2.24) is 30.5 Å². The van der Waals surface area contributed by atoms with Crippen molar-refractivity contribution in [3.63, 3.8) is 0 Å². The Morgan fingerprint density at radius 3 is 2.80 bits per heavy atom. The first-order chi connectivity index (χ1) is 14.7. The number of nitrogens with one attached hydrogen (secondary N) is 2. The van der Waals surface area contributed by atoms with Gasteiger partial charge in [-0.2, -0.15) is 15.4 Å². The Labute approximate surface area is 177 Å². The summed E-state index contributed by atoms with van der Waals surface area (Å²) in [7, 11) is 1.52. The Kier molecular flexibility index (Phi) is 6.41. The molecule has 0 aliphatic rings. The third-order valence-electron chi connectivity index (χ3n) is 4.48. The minimum atomic E-state index is -0.365. The van der Waals surface area contributed by atoms with Gasteiger partial charge in [0.2, 0.25) is 0 Å². The molecule has 0 aliphatic carbocycles. The van der Waals surface area contributed by atoms with Crippen LogP contribution in [0.15, 0.2) is 66.0 Å². The Hall–Kier alpha value is -3.17. The molecule has 0 radical (unpaired) electrons. The van der Waals surface area contributed by atoms with Crippen LogP contribution in [0.25, 0.3) is 16.9 Å². The molecule has 0 saturated heterocycles. The molecule has 0 bridgehead atoms. The molecule has 0 saturated carbocycles. The Bertz CT molecular complexity index is 1080. The van der Waals surface area contributed by atoms with Crippen molar-refractivity contribution in [3.8, 4) is 22.7 Å². The summed E-state index contributed by atoms with van der Waals surface area (Å²) in [5.41, 5.74) is 2.88. The fourth-order valence-electron chi connectivity index (χ4n) is 3.01. The number of H-pyrrole nitrogens is 1. The van der Waals surface area contributed by atoms with E-state index in [0.717, 1.165) is 28.6 Å². The number of aromatic nitrogens is 5. The van der Waals surface area contributed by atoms with Crippen molar-refractivity contribution >= 4 is 11.8 Å². The van der Waals surface area contributed by atoms with Crippen LogP contribution in [0.2, 0.25) is 0 Å². The van der Waals surface area contributed by atoms with Gasteiger partial charge in [0.05, 0.1) is 19.0 Å². The number of methoxy groups -OCH3 is 1. The second-order valence-electron chi connectivity index (χ2n) is 6.46. The zero-order valence-electron chi connectivity index (χ0n) is 16.4. The highest BCUT2D eigenvalue weighted by molar-refractivity contribution is 7.99. The maximum atomic E-state index is 14.7. The lowest BCUT2D eigenvalue weighted by Crippen LogP contribution is -2.16. The van der Waals surface area contributed by atoms with Crippen LogP contribution in [0, 0.1) is 5.82 Å². The lowest BCUT2D eigenvalue weighted by Gasteiger charge is -2.07. The standard InChI is InChI=1S/C21H21FN6OS/c1-29-17-7-8-18(19(22)11-17)21-15(12-23-9-10-30-20-13-24-27-25-20)14-28(26-21)16-5-3-2-4-6-16/h2-8,11,13-14,23H,9-10,12H2,1H3,(H,24,25,27). The van der Waals surface area contributed by atoms with Crippen LogP contribution in [-0.4, -0.2) is 44.6 Å². The highest BCUT2D eigenvalue weighted by Crippen LogP contribution is 2.29. The molecule has 4 aromatic rings. The zero-order chi connectivity index (χ0) is 20.8. The molecule has 0 unspecified atom stereocenters. The number of hydrogen-bond acceptors (Lipinski definition) is 6. The van der Waals surface area contributed by atoms with E-state index in [0.29, 0.717) is 23.6 Å². The molecule has 7 nitrogen and oxygen atoms in total. The second kappa shape index (κ2) is 9.55. The SMILES string of the molecule is COc1ccc(-c2nn(-c3ccccc3)cc2CNCCSc2cn[nH]n2)c(F)c1. The summed E-state index contributed by atoms with van der Waals surface area (Å²) in [6.45, 7) is 1.32. The molecule has 2 N–H and O–H groups in total. The second-order valence-corrected chi connectivity index (χ2v) is 7.58. The van der Waals surface area contributed by atoms with Gasteiger partial charge in [-0.1, -0.05) is 18.2 Å². The summed E-state index contributed by atoms with van der Waals surface area (Å²) in [5.74, 6) is 0.949. The Balaban J connectivity index is 1.54. The number of para-hydroxylation sites is 1. The summed E-state index contributed by atoms with van der Waals surface area (Å²) in [6, 6.07) is 14.6. The van der Waals surface area contributed by atoms with E-state index in [1.54, 1.807) is 34.8 Å². The van der Waals surface area contributed by atoms with Crippen LogP contribution in [0.4, 0.5) is 4.39 Å². The van der Waals surface area contributed by atoms with E-state index in [2.05, 4.69) is 25.8 Å². The molecule has 4 rings (SSSR count). The van der Waals surface area contributed by atoms with Crippen molar-refractivity contribution in [2.45, 2.75) is 11.6 Å². The topological polar surface area (TPSA) is 80.6 Å². The van der Waals surface area contributed by atoms with Gasteiger partial charge in [-0.25, -0.2) is 9.07 Å². The smallest absolute Gasteiger partial charge is 0.138 e. The first kappa shape index (κ1) is 20.1. The van der Waals surface area contributed by atoms with Crippen LogP contribution in [0.3, 0.4) is 0 Å². The first-order valence-corrected chi connectivity index (χ1v) is 10.4. The highest BCUT2D eigenvalue weighted by Gasteiger charge is 2.16. The van der Waals surface area contributed by atoms with Gasteiger partial charge in [0.1, 0.15) is 22.3 Å². The molecular weight excluding hydrogens is 403 g/mol. The summed E-state index contributed by atoms with van der Waals surface area (Å²) in [5, 5.41) is 19.3. The van der Waals surface area contributed by atoms with Crippen molar-refractivity contribution in [2.24, 2.45) is 0 Å². The predicted octanol–water partition coefficient (Wildman–Crippen LogP) is 3.69. The van der Waals surface area contributed by atoms with Gasteiger partial charge < -0.3 is 10.1 Å². The number of rotatable bonds is 9. The molecule has 154 valence electrons. The maximum Gasteiger partial charge on any atom is 0.138 e. The van der Waals surface area contributed by atoms with E-state index in [9.17, 15) is 4.39 Å². The largest absolute Gasteiger partial charge is 0.497 e. The number of aromatic amines is 1. The lowest BCUT2D eigenvalue weighted by atomic mass is 10.1. The molecule has 2 aromatic carbocycles. The van der Waals surface area contributed by atoms with Crippen LogP contribution in [-0.2, 0) is 6.54 Å². The van der Waals surface area contributed by atoms with Crippen LogP contribution in [0.1, 0.15) is 5.56 Å². The molecule has 2 aromatic heterocycles. The summed E-state index contributed by atoms with van der Waals surface area (Å²) in [6.07, 6.45) is 3.63. The Morgan fingerprint density at radius 2 is 2.07 bits per heavy atom. The van der Waals surface area contributed by atoms with Crippen molar-refractivity contribution in [3.05, 3.63) is 72.3 Å². The average molecular weight is 425 g/mol. The van der Waals surface area contributed by atoms with Crippen LogP contribution < -0.4 is 10.1 Å². The summed E-state index contributed by atoms with van der Waals surface area (Å²) < 4.78 is 21.6. The van der Waals surface area contributed by atoms with E-state index in [1.165, 1.54) is 13.2 Å². The summed E-state index contributed by atoms with van der Waals surface area (Å²) >= 11 is 1.61. The van der Waals surface area contributed by atoms with Crippen molar-refractivity contribution in [1.29, 1.82) is 0 Å². The van der Waals surface area contributed by atoms with E-state index in [4.69, 9.17) is 4.74 Å². The molecule has 30 heavy (non-hydrogen) atoms. The molecule has 2 heterocycles. The van der Waals surface area contributed by atoms with E-state index in [1.807, 2.05) is 36.5 Å². The fraction of sp³-hybridized carbons (Fsp3) is 0.190. The third-order valence-corrected chi connectivity index (χ3v) is 5.38. The van der Waals surface area contributed by atoms with E-state index in [-0.39, 0.29) is 5.82 Å². The van der Waals surface area contributed by atoms with Gasteiger partial charge >= 0.3 is 0 Å². The predicted molar refractivity (Wildman–Crippen MR) is 114 cm³/mol. The van der Waals surface area contributed by atoms with Crippen molar-refractivity contribution in [2.75, 3.05) is 19.4 Å². The quantitative estimate of drug-likeness (QED) is 0.315. The number of ether oxygens (including phenoxy) is 1. The summed E-state index contributed by atoms with van der Waals surface area (Å²) in [4.78, 5) is 0. The van der Waals surface area contributed by atoms with Crippen molar-refractivity contribution < 1.29 is 9.13 Å². The van der Waals surface area contributed by atoms with Gasteiger partial charge in [0.25, 0.3) is 0 Å². The monoisotopic (exact) mass is 424 g/mol. The normalized spacial score (nSPS) is 11.0. The van der Waals surface area contributed by atoms with Gasteiger partial charge in [0, 0.05) is 42.2 Å². The zero-order valence-corrected chi connectivity index (χ0v) is 17.2. The number of benzene rings is 2. The molecule has 0 aliphatic heterocycles. The van der Waals surface area contributed by atoms with E-state index < -0.39 is 0 Å². The molecule has 0 fully saturated rings. The third kappa shape index (κ3) is 4.69. The number of hydrogen-bond donors (Lipinski definition) is 2. The molecule has 0 amide bonds. The molecule has 0 spiro atoms. The first-order valence-electron chi connectivity index (χ1n) is 9.42. The van der Waals surface area contributed by atoms with Gasteiger partial charge in [0.15, 0.2) is 0 Å².